The second-order valence-corrected chi connectivity index (χ2v) is 6.89. The van der Waals surface area contributed by atoms with Crippen LogP contribution >= 0.6 is 23.5 Å². The van der Waals surface area contributed by atoms with Crippen LogP contribution in [-0.2, 0) is 4.74 Å². The van der Waals surface area contributed by atoms with Crippen molar-refractivity contribution in [3.8, 4) is 0 Å². The topological polar surface area (TPSA) is 9.23 Å². The van der Waals surface area contributed by atoms with Gasteiger partial charge in [0.15, 0.2) is 0 Å². The molecular weight excluding hydrogens is 212 g/mol. The highest BCUT2D eigenvalue weighted by atomic mass is 32.2. The van der Waals surface area contributed by atoms with Crippen molar-refractivity contribution in [2.75, 3.05) is 18.6 Å². The van der Waals surface area contributed by atoms with Crippen LogP contribution in [0.1, 0.15) is 32.1 Å². The molecule has 2 rings (SSSR count). The van der Waals surface area contributed by atoms with E-state index >= 15 is 0 Å². The Morgan fingerprint density at radius 3 is 2.57 bits per heavy atom. The zero-order chi connectivity index (χ0) is 9.80. The van der Waals surface area contributed by atoms with E-state index in [-0.39, 0.29) is 0 Å². The summed E-state index contributed by atoms with van der Waals surface area (Å²) in [6.07, 6.45) is 7.43. The predicted molar refractivity (Wildman–Crippen MR) is 66.4 cm³/mol. The minimum absolute atomic E-state index is 0.545. The van der Waals surface area contributed by atoms with Gasteiger partial charge < -0.3 is 4.74 Å². The van der Waals surface area contributed by atoms with E-state index in [0.717, 1.165) is 10.5 Å². The van der Waals surface area contributed by atoms with E-state index in [0.29, 0.717) is 6.10 Å². The highest BCUT2D eigenvalue weighted by Crippen LogP contribution is 2.38. The predicted octanol–water partition coefficient (Wildman–Crippen LogP) is 3.18. The lowest BCUT2D eigenvalue weighted by atomic mass is 10.0. The second kappa shape index (κ2) is 5.66. The second-order valence-electron chi connectivity index (χ2n) is 4.20. The van der Waals surface area contributed by atoms with Gasteiger partial charge >= 0.3 is 0 Å². The van der Waals surface area contributed by atoms with Gasteiger partial charge in [0.2, 0.25) is 0 Å². The fourth-order valence-electron chi connectivity index (χ4n) is 2.33. The summed E-state index contributed by atoms with van der Waals surface area (Å²) in [6, 6.07) is 0. The number of thioether (sulfide) groups is 2. The molecule has 2 saturated heterocycles. The SMILES string of the molecule is COC1CCSC(C2CCCCS2)C1. The maximum Gasteiger partial charge on any atom is 0.0590 e. The number of hydrogen-bond donors (Lipinski definition) is 0. The molecule has 3 atom stereocenters. The van der Waals surface area contributed by atoms with Gasteiger partial charge in [-0.1, -0.05) is 6.42 Å². The summed E-state index contributed by atoms with van der Waals surface area (Å²) in [6.45, 7) is 0. The zero-order valence-electron chi connectivity index (χ0n) is 8.91. The van der Waals surface area contributed by atoms with Gasteiger partial charge in [0.05, 0.1) is 6.10 Å². The van der Waals surface area contributed by atoms with Crippen molar-refractivity contribution in [3.05, 3.63) is 0 Å². The standard InChI is InChI=1S/C11H20OS2/c1-12-9-5-7-14-11(8-9)10-4-2-3-6-13-10/h9-11H,2-8H2,1H3. The first-order chi connectivity index (χ1) is 6.90. The molecule has 2 aliphatic rings. The van der Waals surface area contributed by atoms with Crippen molar-refractivity contribution >= 4 is 23.5 Å². The molecular formula is C11H20OS2. The van der Waals surface area contributed by atoms with Crippen LogP contribution in [-0.4, -0.2) is 35.2 Å². The first-order valence-electron chi connectivity index (χ1n) is 5.66. The normalized spacial score (nSPS) is 39.6. The molecule has 0 aromatic rings. The van der Waals surface area contributed by atoms with Crippen molar-refractivity contribution in [3.63, 3.8) is 0 Å². The summed E-state index contributed by atoms with van der Waals surface area (Å²) in [5, 5.41) is 1.80. The van der Waals surface area contributed by atoms with Gasteiger partial charge in [-0.25, -0.2) is 0 Å². The molecule has 0 radical (unpaired) electrons. The number of hydrogen-bond acceptors (Lipinski definition) is 3. The summed E-state index contributed by atoms with van der Waals surface area (Å²) in [4.78, 5) is 0. The molecule has 0 aliphatic carbocycles. The number of methoxy groups -OCH3 is 1. The average Bonchev–Trinajstić information content (AvgIpc) is 2.30. The number of ether oxygens (including phenoxy) is 1. The lowest BCUT2D eigenvalue weighted by molar-refractivity contribution is 0.0894. The van der Waals surface area contributed by atoms with Crippen molar-refractivity contribution in [1.82, 2.24) is 0 Å². The molecule has 2 aliphatic heterocycles. The molecule has 3 heteroatoms. The molecule has 82 valence electrons. The first kappa shape index (κ1) is 11.2. The van der Waals surface area contributed by atoms with Crippen molar-refractivity contribution in [1.29, 1.82) is 0 Å². The monoisotopic (exact) mass is 232 g/mol. The minimum atomic E-state index is 0.545. The van der Waals surface area contributed by atoms with Gasteiger partial charge in [0.25, 0.3) is 0 Å². The lowest BCUT2D eigenvalue weighted by Gasteiger charge is -2.35. The Morgan fingerprint density at radius 2 is 1.86 bits per heavy atom. The molecule has 0 N–H and O–H groups in total. The van der Waals surface area contributed by atoms with E-state index in [9.17, 15) is 0 Å². The Hall–Kier alpha value is 0.660. The van der Waals surface area contributed by atoms with E-state index < -0.39 is 0 Å². The van der Waals surface area contributed by atoms with Gasteiger partial charge in [-0.2, -0.15) is 23.5 Å². The first-order valence-corrected chi connectivity index (χ1v) is 7.76. The van der Waals surface area contributed by atoms with Crippen LogP contribution in [0.5, 0.6) is 0 Å². The summed E-state index contributed by atoms with van der Waals surface area (Å²) < 4.78 is 5.49. The molecule has 0 spiro atoms. The average molecular weight is 232 g/mol. The fraction of sp³-hybridized carbons (Fsp3) is 1.00. The molecule has 0 saturated carbocycles. The maximum absolute atomic E-state index is 5.49. The van der Waals surface area contributed by atoms with E-state index in [2.05, 4.69) is 23.5 Å². The van der Waals surface area contributed by atoms with Gasteiger partial charge in [-0.05, 0) is 37.2 Å². The molecule has 0 bridgehead atoms. The molecule has 3 unspecified atom stereocenters. The van der Waals surface area contributed by atoms with Crippen LogP contribution in [0.15, 0.2) is 0 Å². The number of rotatable bonds is 2. The Balaban J connectivity index is 1.83. The molecule has 0 aromatic heterocycles. The maximum atomic E-state index is 5.49. The largest absolute Gasteiger partial charge is 0.381 e. The third kappa shape index (κ3) is 2.83. The highest BCUT2D eigenvalue weighted by Gasteiger charge is 2.30. The van der Waals surface area contributed by atoms with E-state index in [4.69, 9.17) is 4.74 Å². The van der Waals surface area contributed by atoms with Crippen LogP contribution in [0.4, 0.5) is 0 Å². The molecule has 2 heterocycles. The van der Waals surface area contributed by atoms with Crippen LogP contribution in [0.25, 0.3) is 0 Å². The smallest absolute Gasteiger partial charge is 0.0590 e. The van der Waals surface area contributed by atoms with Crippen LogP contribution in [0.3, 0.4) is 0 Å². The Morgan fingerprint density at radius 1 is 1.00 bits per heavy atom. The Kier molecular flexibility index (Phi) is 4.51. The summed E-state index contributed by atoms with van der Waals surface area (Å²) in [7, 11) is 1.87. The van der Waals surface area contributed by atoms with Crippen molar-refractivity contribution in [2.24, 2.45) is 0 Å². The summed E-state index contributed by atoms with van der Waals surface area (Å²) in [5.74, 6) is 2.69. The highest BCUT2D eigenvalue weighted by molar-refractivity contribution is 8.03. The minimum Gasteiger partial charge on any atom is -0.381 e. The van der Waals surface area contributed by atoms with Crippen molar-refractivity contribution < 1.29 is 4.74 Å². The van der Waals surface area contributed by atoms with Crippen LogP contribution < -0.4 is 0 Å². The molecule has 2 fully saturated rings. The van der Waals surface area contributed by atoms with Gasteiger partial charge in [-0.15, -0.1) is 0 Å². The van der Waals surface area contributed by atoms with E-state index in [1.807, 2.05) is 7.11 Å². The van der Waals surface area contributed by atoms with Gasteiger partial charge in [-0.3, -0.25) is 0 Å². The zero-order valence-corrected chi connectivity index (χ0v) is 10.5. The van der Waals surface area contributed by atoms with Crippen LogP contribution in [0, 0.1) is 0 Å². The Bertz CT molecular complexity index is 169. The fourth-order valence-corrected chi connectivity index (χ4v) is 5.54. The summed E-state index contributed by atoms with van der Waals surface area (Å²) in [5.41, 5.74) is 0. The third-order valence-corrected chi connectivity index (χ3v) is 6.34. The molecule has 14 heavy (non-hydrogen) atoms. The third-order valence-electron chi connectivity index (χ3n) is 3.23. The van der Waals surface area contributed by atoms with E-state index in [1.165, 1.54) is 43.6 Å². The molecule has 1 nitrogen and oxygen atoms in total. The van der Waals surface area contributed by atoms with Gasteiger partial charge in [0, 0.05) is 17.6 Å². The quantitative estimate of drug-likeness (QED) is 0.724. The molecule has 0 aromatic carbocycles. The Labute approximate surface area is 95.7 Å². The lowest BCUT2D eigenvalue weighted by Crippen LogP contribution is -2.32. The molecule has 0 amide bonds. The summed E-state index contributed by atoms with van der Waals surface area (Å²) >= 11 is 4.39. The van der Waals surface area contributed by atoms with Crippen LogP contribution in [0.2, 0.25) is 0 Å². The van der Waals surface area contributed by atoms with E-state index in [1.54, 1.807) is 0 Å². The van der Waals surface area contributed by atoms with Crippen molar-refractivity contribution in [2.45, 2.75) is 48.7 Å². The van der Waals surface area contributed by atoms with Gasteiger partial charge in [0.1, 0.15) is 0 Å².